The Morgan fingerprint density at radius 2 is 2.00 bits per heavy atom. The number of alkyl halides is 1. The van der Waals surface area contributed by atoms with E-state index in [0.29, 0.717) is 0 Å². The molecule has 1 aromatic carbocycles. The van der Waals surface area contributed by atoms with E-state index in [1.165, 1.54) is 13.0 Å². The molecule has 0 aliphatic carbocycles. The molecule has 0 atom stereocenters. The van der Waals surface area contributed by atoms with E-state index in [9.17, 15) is 18.4 Å². The number of amides is 3. The van der Waals surface area contributed by atoms with Gasteiger partial charge in [0, 0.05) is 0 Å². The Morgan fingerprint density at radius 3 is 2.59 bits per heavy atom. The van der Waals surface area contributed by atoms with Crippen LogP contribution < -0.4 is 10.6 Å². The molecule has 0 unspecified atom stereocenters. The van der Waals surface area contributed by atoms with Crippen LogP contribution >= 0.6 is 11.6 Å². The highest BCUT2D eigenvalue weighted by atomic mass is 35.5. The molecule has 0 fully saturated rings. The van der Waals surface area contributed by atoms with Crippen LogP contribution in [0.25, 0.3) is 0 Å². The van der Waals surface area contributed by atoms with Crippen molar-refractivity contribution in [1.29, 1.82) is 0 Å². The molecule has 0 saturated heterocycles. The standard InChI is InChI=1S/C10H9ClF2N2O2/c1-5-2-3-6(12)9(8(5)13)15-10(17)14-7(16)4-11/h2-3H,4H2,1H3,(H2,14,15,16,17). The van der Waals surface area contributed by atoms with Crippen molar-refractivity contribution in [3.05, 3.63) is 29.3 Å². The third-order valence-electron chi connectivity index (χ3n) is 1.90. The van der Waals surface area contributed by atoms with Gasteiger partial charge in [-0.15, -0.1) is 11.6 Å². The maximum absolute atomic E-state index is 13.4. The third kappa shape index (κ3) is 3.39. The van der Waals surface area contributed by atoms with Crippen LogP contribution in [-0.2, 0) is 4.79 Å². The Hall–Kier alpha value is -1.69. The fraction of sp³-hybridized carbons (Fsp3) is 0.200. The monoisotopic (exact) mass is 262 g/mol. The summed E-state index contributed by atoms with van der Waals surface area (Å²) in [6.45, 7) is 1.42. The van der Waals surface area contributed by atoms with Crippen molar-refractivity contribution in [2.75, 3.05) is 11.2 Å². The van der Waals surface area contributed by atoms with Crippen LogP contribution in [0.5, 0.6) is 0 Å². The summed E-state index contributed by atoms with van der Waals surface area (Å²) < 4.78 is 26.7. The molecule has 0 aliphatic rings. The van der Waals surface area contributed by atoms with Crippen LogP contribution in [0.3, 0.4) is 0 Å². The second-order valence-electron chi connectivity index (χ2n) is 3.19. The lowest BCUT2D eigenvalue weighted by Gasteiger charge is -2.09. The molecule has 1 aromatic rings. The molecule has 0 bridgehead atoms. The van der Waals surface area contributed by atoms with Gasteiger partial charge >= 0.3 is 6.03 Å². The zero-order chi connectivity index (χ0) is 13.0. The van der Waals surface area contributed by atoms with Gasteiger partial charge in [-0.05, 0) is 18.6 Å². The van der Waals surface area contributed by atoms with Crippen LogP contribution in [0.1, 0.15) is 5.56 Å². The van der Waals surface area contributed by atoms with Crippen molar-refractivity contribution in [2.45, 2.75) is 6.92 Å². The Bertz CT molecular complexity index is 466. The van der Waals surface area contributed by atoms with Crippen molar-refractivity contribution in [3.8, 4) is 0 Å². The second-order valence-corrected chi connectivity index (χ2v) is 3.46. The smallest absolute Gasteiger partial charge is 0.302 e. The maximum Gasteiger partial charge on any atom is 0.326 e. The average Bonchev–Trinajstić information content (AvgIpc) is 2.29. The van der Waals surface area contributed by atoms with Crippen LogP contribution in [0.2, 0.25) is 0 Å². The highest BCUT2D eigenvalue weighted by molar-refractivity contribution is 6.28. The number of carbonyl (C=O) groups excluding carboxylic acids is 2. The van der Waals surface area contributed by atoms with Crippen LogP contribution in [0.15, 0.2) is 12.1 Å². The average molecular weight is 263 g/mol. The largest absolute Gasteiger partial charge is 0.326 e. The SMILES string of the molecule is Cc1ccc(F)c(NC(=O)NC(=O)CCl)c1F. The molecule has 92 valence electrons. The summed E-state index contributed by atoms with van der Waals surface area (Å²) in [5.41, 5.74) is -0.435. The van der Waals surface area contributed by atoms with Gasteiger partial charge in [-0.2, -0.15) is 0 Å². The zero-order valence-electron chi connectivity index (χ0n) is 8.81. The number of aryl methyl sites for hydroxylation is 1. The van der Waals surface area contributed by atoms with E-state index in [1.807, 2.05) is 5.32 Å². The topological polar surface area (TPSA) is 58.2 Å². The summed E-state index contributed by atoms with van der Waals surface area (Å²) in [4.78, 5) is 21.9. The van der Waals surface area contributed by atoms with Crippen molar-refractivity contribution < 1.29 is 18.4 Å². The molecule has 0 heterocycles. The van der Waals surface area contributed by atoms with E-state index in [-0.39, 0.29) is 5.56 Å². The number of hydrogen-bond donors (Lipinski definition) is 2. The fourth-order valence-electron chi connectivity index (χ4n) is 1.08. The molecule has 0 aromatic heterocycles. The number of halogens is 3. The van der Waals surface area contributed by atoms with E-state index >= 15 is 0 Å². The Morgan fingerprint density at radius 1 is 1.35 bits per heavy atom. The van der Waals surface area contributed by atoms with E-state index in [0.717, 1.165) is 6.07 Å². The molecule has 0 radical (unpaired) electrons. The minimum absolute atomic E-state index is 0.172. The lowest BCUT2D eigenvalue weighted by Crippen LogP contribution is -2.35. The first-order valence-electron chi connectivity index (χ1n) is 4.57. The second kappa shape index (κ2) is 5.58. The maximum atomic E-state index is 13.4. The number of nitrogens with one attached hydrogen (secondary N) is 2. The molecule has 2 N–H and O–H groups in total. The molecule has 0 saturated carbocycles. The number of carbonyl (C=O) groups is 2. The summed E-state index contributed by atoms with van der Waals surface area (Å²) in [5, 5.41) is 3.70. The van der Waals surface area contributed by atoms with Crippen molar-refractivity contribution in [3.63, 3.8) is 0 Å². The Kier molecular flexibility index (Phi) is 4.39. The minimum atomic E-state index is -1.04. The third-order valence-corrected chi connectivity index (χ3v) is 2.14. The van der Waals surface area contributed by atoms with Gasteiger partial charge in [-0.25, -0.2) is 13.6 Å². The molecule has 7 heteroatoms. The lowest BCUT2D eigenvalue weighted by atomic mass is 10.2. The first kappa shape index (κ1) is 13.4. The summed E-state index contributed by atoms with van der Waals surface area (Å²) in [6.07, 6.45) is 0. The first-order chi connectivity index (χ1) is 7.95. The quantitative estimate of drug-likeness (QED) is 0.803. The van der Waals surface area contributed by atoms with Crippen molar-refractivity contribution in [1.82, 2.24) is 5.32 Å². The van der Waals surface area contributed by atoms with Gasteiger partial charge in [0.15, 0.2) is 5.82 Å². The van der Waals surface area contributed by atoms with Crippen LogP contribution in [-0.4, -0.2) is 17.8 Å². The number of rotatable bonds is 2. The summed E-state index contributed by atoms with van der Waals surface area (Å²) in [7, 11) is 0. The predicted octanol–water partition coefficient (Wildman–Crippen LogP) is 2.16. The lowest BCUT2D eigenvalue weighted by molar-refractivity contribution is -0.117. The fourth-order valence-corrected chi connectivity index (χ4v) is 1.14. The van der Waals surface area contributed by atoms with Gasteiger partial charge in [-0.3, -0.25) is 10.1 Å². The number of hydrogen-bond acceptors (Lipinski definition) is 2. The summed E-state index contributed by atoms with van der Waals surface area (Å²) in [6, 6.07) is 1.20. The number of urea groups is 1. The molecular weight excluding hydrogens is 254 g/mol. The van der Waals surface area contributed by atoms with E-state index < -0.39 is 35.1 Å². The van der Waals surface area contributed by atoms with E-state index in [2.05, 4.69) is 0 Å². The van der Waals surface area contributed by atoms with Crippen molar-refractivity contribution in [2.24, 2.45) is 0 Å². The normalized spacial score (nSPS) is 9.88. The zero-order valence-corrected chi connectivity index (χ0v) is 9.57. The van der Waals surface area contributed by atoms with Crippen LogP contribution in [0, 0.1) is 18.6 Å². The Balaban J connectivity index is 2.85. The summed E-state index contributed by atoms with van der Waals surface area (Å²) >= 11 is 5.15. The van der Waals surface area contributed by atoms with Gasteiger partial charge < -0.3 is 5.32 Å². The van der Waals surface area contributed by atoms with Gasteiger partial charge in [0.1, 0.15) is 17.4 Å². The first-order valence-corrected chi connectivity index (χ1v) is 5.10. The van der Waals surface area contributed by atoms with Gasteiger partial charge in [0.25, 0.3) is 0 Å². The predicted molar refractivity (Wildman–Crippen MR) is 59.0 cm³/mol. The van der Waals surface area contributed by atoms with E-state index in [4.69, 9.17) is 11.6 Å². The number of benzene rings is 1. The Labute approximate surface area is 101 Å². The minimum Gasteiger partial charge on any atom is -0.302 e. The molecule has 17 heavy (non-hydrogen) atoms. The highest BCUT2D eigenvalue weighted by Gasteiger charge is 2.15. The van der Waals surface area contributed by atoms with Crippen LogP contribution in [0.4, 0.5) is 19.3 Å². The highest BCUT2D eigenvalue weighted by Crippen LogP contribution is 2.21. The molecule has 3 amide bonds. The van der Waals surface area contributed by atoms with Gasteiger partial charge in [0.05, 0.1) is 0 Å². The summed E-state index contributed by atoms with van der Waals surface area (Å²) in [5.74, 6) is -3.01. The number of anilines is 1. The molecule has 0 aliphatic heterocycles. The molecule has 4 nitrogen and oxygen atoms in total. The van der Waals surface area contributed by atoms with Gasteiger partial charge in [0.2, 0.25) is 5.91 Å². The number of imide groups is 1. The van der Waals surface area contributed by atoms with Crippen molar-refractivity contribution >= 4 is 29.2 Å². The molecule has 1 rings (SSSR count). The molecular formula is C10H9ClF2N2O2. The van der Waals surface area contributed by atoms with Gasteiger partial charge in [-0.1, -0.05) is 6.07 Å². The molecule has 0 spiro atoms. The van der Waals surface area contributed by atoms with E-state index in [1.54, 1.807) is 5.32 Å².